The van der Waals surface area contributed by atoms with E-state index in [1.807, 2.05) is 6.92 Å². The smallest absolute Gasteiger partial charge is 0.337 e. The van der Waals surface area contributed by atoms with Crippen LogP contribution in [0, 0.1) is 0 Å². The van der Waals surface area contributed by atoms with Crippen LogP contribution < -0.4 is 11.1 Å². The Balaban J connectivity index is 2.83. The lowest BCUT2D eigenvalue weighted by Crippen LogP contribution is -2.16. The van der Waals surface area contributed by atoms with Gasteiger partial charge in [0.15, 0.2) is 0 Å². The molecule has 0 aliphatic rings. The molecule has 1 aromatic rings. The van der Waals surface area contributed by atoms with E-state index in [1.54, 1.807) is 6.26 Å². The van der Waals surface area contributed by atoms with Crippen LogP contribution in [0.1, 0.15) is 23.7 Å². The maximum absolute atomic E-state index is 11.2. The van der Waals surface area contributed by atoms with Gasteiger partial charge in [0.05, 0.1) is 16.3 Å². The van der Waals surface area contributed by atoms with E-state index in [0.29, 0.717) is 24.3 Å². The lowest BCUT2D eigenvalue weighted by Gasteiger charge is -2.14. The van der Waals surface area contributed by atoms with E-state index in [-0.39, 0.29) is 15.8 Å². The molecule has 0 fully saturated rings. The number of aromatic carboxylic acids is 1. The van der Waals surface area contributed by atoms with Gasteiger partial charge in [-0.15, -0.1) is 0 Å². The Morgan fingerprint density at radius 1 is 1.58 bits per heavy atom. The number of carboxylic acids is 1. The summed E-state index contributed by atoms with van der Waals surface area (Å²) >= 11 is 5.99. The number of carbonyl (C=O) groups is 1. The van der Waals surface area contributed by atoms with Crippen LogP contribution in [0.5, 0.6) is 0 Å². The lowest BCUT2D eigenvalue weighted by molar-refractivity contribution is 0.0698. The molecule has 7 heteroatoms. The summed E-state index contributed by atoms with van der Waals surface area (Å²) in [7, 11) is -0.901. The minimum absolute atomic E-state index is 0.0355. The van der Waals surface area contributed by atoms with E-state index < -0.39 is 16.8 Å². The van der Waals surface area contributed by atoms with E-state index >= 15 is 0 Å². The maximum atomic E-state index is 11.2. The topological polar surface area (TPSA) is 92.4 Å². The number of benzene rings is 1. The summed E-state index contributed by atoms with van der Waals surface area (Å²) < 4.78 is 11.2. The van der Waals surface area contributed by atoms with Crippen molar-refractivity contribution in [3.8, 4) is 0 Å². The third-order valence-corrected chi connectivity index (χ3v) is 4.43. The van der Waals surface area contributed by atoms with Crippen molar-refractivity contribution in [3.05, 3.63) is 22.7 Å². The monoisotopic (exact) mass is 304 g/mol. The van der Waals surface area contributed by atoms with E-state index in [9.17, 15) is 9.00 Å². The summed E-state index contributed by atoms with van der Waals surface area (Å²) in [5.41, 5.74) is 6.25. The molecular weight excluding hydrogens is 288 g/mol. The van der Waals surface area contributed by atoms with Crippen molar-refractivity contribution in [2.75, 3.05) is 23.9 Å². The number of halogens is 1. The van der Waals surface area contributed by atoms with Crippen molar-refractivity contribution in [3.63, 3.8) is 0 Å². The molecule has 1 rings (SSSR count). The van der Waals surface area contributed by atoms with Crippen molar-refractivity contribution in [2.45, 2.75) is 18.6 Å². The second-order valence-corrected chi connectivity index (χ2v) is 6.46. The molecule has 106 valence electrons. The zero-order valence-electron chi connectivity index (χ0n) is 10.8. The van der Waals surface area contributed by atoms with Gasteiger partial charge in [-0.25, -0.2) is 4.79 Å². The number of anilines is 2. The fourth-order valence-corrected chi connectivity index (χ4v) is 2.29. The molecule has 2 unspecified atom stereocenters. The Kier molecular flexibility index (Phi) is 5.62. The molecule has 2 atom stereocenters. The fourth-order valence-electron chi connectivity index (χ4n) is 1.54. The largest absolute Gasteiger partial charge is 0.478 e. The number of nitrogens with two attached hydrogens (primary N) is 1. The van der Waals surface area contributed by atoms with E-state index in [2.05, 4.69) is 5.32 Å². The third-order valence-electron chi connectivity index (χ3n) is 2.76. The standard InChI is InChI=1S/C12H17ClN2O3S/c1-7(19(2)18)3-4-15-11-9(12(16)17)5-8(14)6-10(11)13/h5-7,15H,3-4,14H2,1-2H3,(H,16,17). The first-order valence-electron chi connectivity index (χ1n) is 5.71. The number of nitrogen functional groups attached to an aromatic ring is 1. The minimum Gasteiger partial charge on any atom is -0.478 e. The normalized spacial score (nSPS) is 13.8. The second kappa shape index (κ2) is 6.77. The van der Waals surface area contributed by atoms with Crippen LogP contribution in [0.3, 0.4) is 0 Å². The first kappa shape index (κ1) is 15.8. The van der Waals surface area contributed by atoms with Gasteiger partial charge >= 0.3 is 5.97 Å². The van der Waals surface area contributed by atoms with Crippen LogP contribution in [0.4, 0.5) is 11.4 Å². The third kappa shape index (κ3) is 4.40. The SMILES string of the molecule is CC(CCNc1c(Cl)cc(N)cc1C(=O)O)S(C)=O. The van der Waals surface area contributed by atoms with E-state index in [1.165, 1.54) is 12.1 Å². The summed E-state index contributed by atoms with van der Waals surface area (Å²) in [6.45, 7) is 2.37. The van der Waals surface area contributed by atoms with Crippen LogP contribution in [0.2, 0.25) is 5.02 Å². The molecule has 0 saturated heterocycles. The maximum Gasteiger partial charge on any atom is 0.337 e. The average molecular weight is 305 g/mol. The Hall–Kier alpha value is -1.27. The molecule has 0 amide bonds. The van der Waals surface area contributed by atoms with Gasteiger partial charge in [-0.05, 0) is 18.6 Å². The molecule has 1 aromatic carbocycles. The van der Waals surface area contributed by atoms with Crippen molar-refractivity contribution >= 4 is 39.7 Å². The molecular formula is C12H17ClN2O3S. The average Bonchev–Trinajstić information content (AvgIpc) is 2.30. The summed E-state index contributed by atoms with van der Waals surface area (Å²) in [6.07, 6.45) is 2.30. The van der Waals surface area contributed by atoms with Crippen LogP contribution in [-0.4, -0.2) is 33.3 Å². The molecule has 0 saturated carbocycles. The van der Waals surface area contributed by atoms with Gasteiger partial charge in [-0.1, -0.05) is 18.5 Å². The van der Waals surface area contributed by atoms with Gasteiger partial charge in [0, 0.05) is 34.5 Å². The zero-order valence-corrected chi connectivity index (χ0v) is 12.3. The van der Waals surface area contributed by atoms with Gasteiger partial charge in [0.1, 0.15) is 0 Å². The van der Waals surface area contributed by atoms with Crippen LogP contribution in [-0.2, 0) is 10.8 Å². The molecule has 19 heavy (non-hydrogen) atoms. The predicted octanol–water partition coefficient (Wildman–Crippen LogP) is 2.19. The summed E-state index contributed by atoms with van der Waals surface area (Å²) in [4.78, 5) is 11.1. The number of nitrogens with one attached hydrogen (secondary N) is 1. The van der Waals surface area contributed by atoms with Gasteiger partial charge in [0.2, 0.25) is 0 Å². The molecule has 0 heterocycles. The highest BCUT2D eigenvalue weighted by Crippen LogP contribution is 2.29. The highest BCUT2D eigenvalue weighted by Gasteiger charge is 2.15. The quantitative estimate of drug-likeness (QED) is 0.701. The van der Waals surface area contributed by atoms with Crippen LogP contribution in [0.25, 0.3) is 0 Å². The Morgan fingerprint density at radius 2 is 2.21 bits per heavy atom. The molecule has 0 bridgehead atoms. The molecule has 5 nitrogen and oxygen atoms in total. The van der Waals surface area contributed by atoms with Crippen molar-refractivity contribution < 1.29 is 14.1 Å². The summed E-state index contributed by atoms with van der Waals surface area (Å²) in [5.74, 6) is -1.09. The van der Waals surface area contributed by atoms with Gasteiger partial charge in [-0.3, -0.25) is 4.21 Å². The first-order chi connectivity index (χ1) is 8.82. The van der Waals surface area contributed by atoms with Gasteiger partial charge < -0.3 is 16.2 Å². The Labute approximate surface area is 119 Å². The Bertz CT molecular complexity index is 508. The molecule has 0 spiro atoms. The lowest BCUT2D eigenvalue weighted by atomic mass is 10.1. The summed E-state index contributed by atoms with van der Waals surface area (Å²) in [5, 5.41) is 12.4. The number of rotatable bonds is 6. The molecule has 0 aromatic heterocycles. The zero-order chi connectivity index (χ0) is 14.6. The van der Waals surface area contributed by atoms with Gasteiger partial charge in [-0.2, -0.15) is 0 Å². The van der Waals surface area contributed by atoms with Crippen molar-refractivity contribution in [1.82, 2.24) is 0 Å². The fraction of sp³-hybridized carbons (Fsp3) is 0.417. The predicted molar refractivity (Wildman–Crippen MR) is 79.5 cm³/mol. The second-order valence-electron chi connectivity index (χ2n) is 4.26. The first-order valence-corrected chi connectivity index (χ1v) is 7.71. The van der Waals surface area contributed by atoms with Crippen molar-refractivity contribution in [1.29, 1.82) is 0 Å². The highest BCUT2D eigenvalue weighted by molar-refractivity contribution is 7.84. The van der Waals surface area contributed by atoms with Gasteiger partial charge in [0.25, 0.3) is 0 Å². The van der Waals surface area contributed by atoms with E-state index in [0.717, 1.165) is 0 Å². The number of hydrogen-bond donors (Lipinski definition) is 3. The highest BCUT2D eigenvalue weighted by atomic mass is 35.5. The van der Waals surface area contributed by atoms with Crippen LogP contribution >= 0.6 is 11.6 Å². The van der Waals surface area contributed by atoms with Crippen molar-refractivity contribution in [2.24, 2.45) is 0 Å². The number of hydrogen-bond acceptors (Lipinski definition) is 4. The number of carboxylic acid groups (broad SMARTS) is 1. The van der Waals surface area contributed by atoms with Crippen LogP contribution in [0.15, 0.2) is 12.1 Å². The molecule has 0 aliphatic heterocycles. The Morgan fingerprint density at radius 3 is 2.74 bits per heavy atom. The molecule has 0 aliphatic carbocycles. The molecule has 0 radical (unpaired) electrons. The molecule has 4 N–H and O–H groups in total. The van der Waals surface area contributed by atoms with E-state index in [4.69, 9.17) is 22.4 Å². The summed E-state index contributed by atoms with van der Waals surface area (Å²) in [6, 6.07) is 2.86. The minimum atomic E-state index is -1.09.